The summed E-state index contributed by atoms with van der Waals surface area (Å²) in [4.78, 5) is 14.6. The number of nitrogens with one attached hydrogen (secondary N) is 1. The van der Waals surface area contributed by atoms with Crippen molar-refractivity contribution in [1.29, 1.82) is 0 Å². The van der Waals surface area contributed by atoms with E-state index in [1.54, 1.807) is 4.68 Å². The third kappa shape index (κ3) is 3.61. The Balaban J connectivity index is 1.46. The highest BCUT2D eigenvalue weighted by Crippen LogP contribution is 2.31. The molecule has 2 aliphatic heterocycles. The lowest BCUT2D eigenvalue weighted by atomic mass is 10.3. The fourth-order valence-corrected chi connectivity index (χ4v) is 3.23. The Kier molecular flexibility index (Phi) is 5.32. The minimum absolute atomic E-state index is 0.153. The molecule has 22 heavy (non-hydrogen) atoms. The highest BCUT2D eigenvalue weighted by atomic mass is 79.9. The molecule has 1 N–H and O–H groups in total. The van der Waals surface area contributed by atoms with Crippen LogP contribution in [-0.2, 0) is 11.3 Å². The Morgan fingerprint density at radius 1 is 1.27 bits per heavy atom. The fraction of sp³-hybridized carbons (Fsp3) is 0.714. The number of aromatic nitrogens is 2. The number of amides is 1. The van der Waals surface area contributed by atoms with Crippen LogP contribution < -0.4 is 10.1 Å². The van der Waals surface area contributed by atoms with Crippen molar-refractivity contribution in [3.05, 3.63) is 10.2 Å². The number of carbonyl (C=O) groups excluding carboxylic acids is 1. The molecule has 1 aromatic rings. The number of ether oxygens (including phenoxy) is 2. The first-order valence-electron chi connectivity index (χ1n) is 7.73. The van der Waals surface area contributed by atoms with E-state index in [0.717, 1.165) is 52.2 Å². The topological polar surface area (TPSA) is 68.6 Å². The number of morpholine rings is 1. The Bertz CT molecular complexity index is 528. The van der Waals surface area contributed by atoms with E-state index in [-0.39, 0.29) is 5.91 Å². The molecule has 0 saturated carbocycles. The number of halogens is 1. The molecule has 122 valence electrons. The molecule has 2 aliphatic rings. The van der Waals surface area contributed by atoms with E-state index < -0.39 is 0 Å². The first-order chi connectivity index (χ1) is 10.8. The van der Waals surface area contributed by atoms with Crippen LogP contribution in [0.5, 0.6) is 5.88 Å². The van der Waals surface area contributed by atoms with Crippen LogP contribution >= 0.6 is 15.9 Å². The second-order valence-electron chi connectivity index (χ2n) is 5.46. The van der Waals surface area contributed by atoms with Gasteiger partial charge in [-0.3, -0.25) is 9.69 Å². The van der Waals surface area contributed by atoms with Crippen LogP contribution in [0.1, 0.15) is 23.3 Å². The normalized spacial score (nSPS) is 18.6. The van der Waals surface area contributed by atoms with Crippen molar-refractivity contribution < 1.29 is 14.3 Å². The van der Waals surface area contributed by atoms with Gasteiger partial charge in [-0.2, -0.15) is 5.10 Å². The third-order valence-corrected chi connectivity index (χ3v) is 4.57. The van der Waals surface area contributed by atoms with Gasteiger partial charge in [-0.15, -0.1) is 0 Å². The number of hydrogen-bond acceptors (Lipinski definition) is 5. The molecular formula is C14H21BrN4O3. The van der Waals surface area contributed by atoms with Crippen LogP contribution in [0.2, 0.25) is 0 Å². The van der Waals surface area contributed by atoms with E-state index in [4.69, 9.17) is 9.47 Å². The second kappa shape index (κ2) is 7.43. The number of nitrogens with zero attached hydrogens (tertiary/aromatic N) is 3. The van der Waals surface area contributed by atoms with Gasteiger partial charge in [-0.05, 0) is 28.9 Å². The highest BCUT2D eigenvalue weighted by molar-refractivity contribution is 9.10. The van der Waals surface area contributed by atoms with Crippen LogP contribution in [0.4, 0.5) is 0 Å². The molecular weight excluding hydrogens is 352 g/mol. The minimum Gasteiger partial charge on any atom is -0.477 e. The molecule has 7 nitrogen and oxygen atoms in total. The monoisotopic (exact) mass is 372 g/mol. The zero-order valence-electron chi connectivity index (χ0n) is 12.5. The fourth-order valence-electron chi connectivity index (χ4n) is 2.66. The lowest BCUT2D eigenvalue weighted by molar-refractivity contribution is 0.0374. The summed E-state index contributed by atoms with van der Waals surface area (Å²) in [6.45, 7) is 6.65. The van der Waals surface area contributed by atoms with E-state index >= 15 is 0 Å². The Labute approximate surface area is 138 Å². The second-order valence-corrected chi connectivity index (χ2v) is 6.25. The van der Waals surface area contributed by atoms with Crippen molar-refractivity contribution in [2.45, 2.75) is 19.4 Å². The standard InChI is InChI=1S/C14H21BrN4O3/c15-11-12(17-19-5-2-8-22-14(11)19)13(20)16-3-1-4-18-6-9-21-10-7-18/h1-10H2,(H,16,20). The maximum atomic E-state index is 12.2. The summed E-state index contributed by atoms with van der Waals surface area (Å²) in [5.74, 6) is 0.504. The molecule has 1 amide bonds. The summed E-state index contributed by atoms with van der Waals surface area (Å²) in [6.07, 6.45) is 1.84. The number of aryl methyl sites for hydroxylation is 1. The third-order valence-electron chi connectivity index (χ3n) is 3.86. The zero-order valence-corrected chi connectivity index (χ0v) is 14.1. The molecule has 3 heterocycles. The van der Waals surface area contributed by atoms with Crippen molar-refractivity contribution in [2.24, 2.45) is 0 Å². The summed E-state index contributed by atoms with van der Waals surface area (Å²) in [7, 11) is 0. The van der Waals surface area contributed by atoms with E-state index in [0.29, 0.717) is 29.2 Å². The van der Waals surface area contributed by atoms with Crippen LogP contribution in [0.25, 0.3) is 0 Å². The van der Waals surface area contributed by atoms with Gasteiger partial charge in [0.25, 0.3) is 5.91 Å². The van der Waals surface area contributed by atoms with Crippen molar-refractivity contribution in [3.8, 4) is 5.88 Å². The molecule has 3 rings (SSSR count). The van der Waals surface area contributed by atoms with Crippen LogP contribution in [0, 0.1) is 0 Å². The maximum absolute atomic E-state index is 12.2. The summed E-state index contributed by atoms with van der Waals surface area (Å²) < 4.78 is 13.3. The van der Waals surface area contributed by atoms with Gasteiger partial charge >= 0.3 is 0 Å². The zero-order chi connectivity index (χ0) is 15.4. The number of fused-ring (bicyclic) bond motifs is 1. The van der Waals surface area contributed by atoms with Gasteiger partial charge in [0, 0.05) is 32.6 Å². The first-order valence-corrected chi connectivity index (χ1v) is 8.52. The molecule has 1 fully saturated rings. The van der Waals surface area contributed by atoms with E-state index in [2.05, 4.69) is 31.2 Å². The van der Waals surface area contributed by atoms with Crippen molar-refractivity contribution >= 4 is 21.8 Å². The smallest absolute Gasteiger partial charge is 0.273 e. The Morgan fingerprint density at radius 2 is 2.09 bits per heavy atom. The molecule has 1 aromatic heterocycles. The van der Waals surface area contributed by atoms with Gasteiger partial charge in [0.15, 0.2) is 5.69 Å². The number of hydrogen-bond donors (Lipinski definition) is 1. The molecule has 0 spiro atoms. The molecule has 0 atom stereocenters. The minimum atomic E-state index is -0.153. The highest BCUT2D eigenvalue weighted by Gasteiger charge is 2.24. The van der Waals surface area contributed by atoms with Crippen LogP contribution in [0.15, 0.2) is 4.47 Å². The van der Waals surface area contributed by atoms with Crippen molar-refractivity contribution in [2.75, 3.05) is 46.0 Å². The Morgan fingerprint density at radius 3 is 2.86 bits per heavy atom. The van der Waals surface area contributed by atoms with Gasteiger partial charge in [-0.25, -0.2) is 4.68 Å². The van der Waals surface area contributed by atoms with Gasteiger partial charge < -0.3 is 14.8 Å². The van der Waals surface area contributed by atoms with Gasteiger partial charge in [0.1, 0.15) is 4.47 Å². The van der Waals surface area contributed by atoms with E-state index in [1.807, 2.05) is 0 Å². The number of carbonyl (C=O) groups is 1. The van der Waals surface area contributed by atoms with Crippen molar-refractivity contribution in [1.82, 2.24) is 20.0 Å². The maximum Gasteiger partial charge on any atom is 0.273 e. The lowest BCUT2D eigenvalue weighted by Gasteiger charge is -2.26. The SMILES string of the molecule is O=C(NCCCN1CCOCC1)c1nn2c(c1Br)OCCC2. The predicted molar refractivity (Wildman–Crippen MR) is 84.2 cm³/mol. The largest absolute Gasteiger partial charge is 0.477 e. The predicted octanol–water partition coefficient (Wildman–Crippen LogP) is 0.880. The molecule has 0 aliphatic carbocycles. The average molecular weight is 373 g/mol. The first kappa shape index (κ1) is 15.8. The summed E-state index contributed by atoms with van der Waals surface area (Å²) in [5.41, 5.74) is 0.406. The average Bonchev–Trinajstić information content (AvgIpc) is 2.90. The van der Waals surface area contributed by atoms with Gasteiger partial charge in [0.05, 0.1) is 19.8 Å². The van der Waals surface area contributed by atoms with Crippen LogP contribution in [0.3, 0.4) is 0 Å². The molecule has 0 radical (unpaired) electrons. The molecule has 1 saturated heterocycles. The summed E-state index contributed by atoms with van der Waals surface area (Å²) in [6, 6.07) is 0. The molecule has 0 bridgehead atoms. The molecule has 0 aromatic carbocycles. The summed E-state index contributed by atoms with van der Waals surface area (Å²) in [5, 5.41) is 7.25. The van der Waals surface area contributed by atoms with Crippen molar-refractivity contribution in [3.63, 3.8) is 0 Å². The summed E-state index contributed by atoms with van der Waals surface area (Å²) >= 11 is 3.42. The van der Waals surface area contributed by atoms with Crippen LogP contribution in [-0.4, -0.2) is 66.6 Å². The number of rotatable bonds is 5. The van der Waals surface area contributed by atoms with E-state index in [9.17, 15) is 4.79 Å². The van der Waals surface area contributed by atoms with E-state index in [1.165, 1.54) is 0 Å². The van der Waals surface area contributed by atoms with Gasteiger partial charge in [0.2, 0.25) is 5.88 Å². The Hall–Kier alpha value is -1.12. The molecule has 0 unspecified atom stereocenters. The quantitative estimate of drug-likeness (QED) is 0.777. The van der Waals surface area contributed by atoms with Gasteiger partial charge in [-0.1, -0.05) is 0 Å². The lowest BCUT2D eigenvalue weighted by Crippen LogP contribution is -2.38. The molecule has 8 heteroatoms.